The topological polar surface area (TPSA) is 43.9 Å². The van der Waals surface area contributed by atoms with Crippen LogP contribution < -0.4 is 0 Å². The molecule has 2 saturated heterocycles. The summed E-state index contributed by atoms with van der Waals surface area (Å²) in [6.45, 7) is 5.04. The molecule has 6 heteroatoms. The smallest absolute Gasteiger partial charge is 0.228 e. The van der Waals surface area contributed by atoms with Crippen molar-refractivity contribution in [3.63, 3.8) is 0 Å². The molecule has 2 aliphatic rings. The third-order valence-corrected chi connectivity index (χ3v) is 6.18. The molecular weight excluding hydrogens is 386 g/mol. The van der Waals surface area contributed by atoms with Crippen LogP contribution in [0.25, 0.3) is 0 Å². The summed E-state index contributed by atoms with van der Waals surface area (Å²) in [6, 6.07) is 18.0. The lowest BCUT2D eigenvalue weighted by atomic mass is 10.1. The second kappa shape index (κ2) is 8.97. The standard InChI is InChI=1S/C23H26ClN3O2/c24-21-9-5-4-8-19(21)16-27-17-20(14-22(27)28)23(29)26-12-10-25(11-13-26)15-18-6-2-1-3-7-18/h1-9,20H,10-17H2/t20-/m1/s1. The van der Waals surface area contributed by atoms with E-state index in [9.17, 15) is 9.59 Å². The second-order valence-corrected chi connectivity index (χ2v) is 8.26. The van der Waals surface area contributed by atoms with E-state index in [1.54, 1.807) is 4.90 Å². The number of rotatable bonds is 5. The fraction of sp³-hybridized carbons (Fsp3) is 0.391. The number of likely N-dealkylation sites (tertiary alicyclic amines) is 1. The first-order valence-corrected chi connectivity index (χ1v) is 10.5. The highest BCUT2D eigenvalue weighted by atomic mass is 35.5. The summed E-state index contributed by atoms with van der Waals surface area (Å²) in [5, 5.41) is 0.657. The van der Waals surface area contributed by atoms with E-state index >= 15 is 0 Å². The average molecular weight is 412 g/mol. The van der Waals surface area contributed by atoms with Gasteiger partial charge in [0.1, 0.15) is 0 Å². The number of piperazine rings is 1. The highest BCUT2D eigenvalue weighted by Crippen LogP contribution is 2.25. The van der Waals surface area contributed by atoms with E-state index in [2.05, 4.69) is 29.2 Å². The van der Waals surface area contributed by atoms with Gasteiger partial charge in [-0.2, -0.15) is 0 Å². The molecule has 0 spiro atoms. The van der Waals surface area contributed by atoms with E-state index in [1.165, 1.54) is 5.56 Å². The first kappa shape index (κ1) is 19.9. The summed E-state index contributed by atoms with van der Waals surface area (Å²) in [7, 11) is 0. The minimum atomic E-state index is -0.245. The molecule has 29 heavy (non-hydrogen) atoms. The molecule has 4 rings (SSSR count). The fourth-order valence-corrected chi connectivity index (χ4v) is 4.34. The SMILES string of the molecule is O=C1C[C@@H](C(=O)N2CCN(Cc3ccccc3)CC2)CN1Cc1ccccc1Cl. The van der Waals surface area contributed by atoms with Crippen LogP contribution in [0.2, 0.25) is 5.02 Å². The average Bonchev–Trinajstić information content (AvgIpc) is 3.11. The molecule has 0 aromatic heterocycles. The molecule has 0 aliphatic carbocycles. The van der Waals surface area contributed by atoms with Gasteiger partial charge in [0.25, 0.3) is 0 Å². The van der Waals surface area contributed by atoms with Gasteiger partial charge < -0.3 is 9.80 Å². The molecule has 0 unspecified atom stereocenters. The minimum Gasteiger partial charge on any atom is -0.340 e. The molecule has 2 heterocycles. The number of halogens is 1. The summed E-state index contributed by atoms with van der Waals surface area (Å²) in [6.07, 6.45) is 0.299. The van der Waals surface area contributed by atoms with Crippen LogP contribution in [-0.4, -0.2) is 59.2 Å². The Bertz CT molecular complexity index is 865. The van der Waals surface area contributed by atoms with Crippen LogP contribution in [-0.2, 0) is 22.7 Å². The van der Waals surface area contributed by atoms with E-state index in [1.807, 2.05) is 35.2 Å². The third kappa shape index (κ3) is 4.80. The highest BCUT2D eigenvalue weighted by Gasteiger charge is 2.37. The first-order chi connectivity index (χ1) is 14.1. The summed E-state index contributed by atoms with van der Waals surface area (Å²) < 4.78 is 0. The van der Waals surface area contributed by atoms with E-state index in [-0.39, 0.29) is 17.7 Å². The lowest BCUT2D eigenvalue weighted by Gasteiger charge is -2.36. The molecule has 2 aromatic carbocycles. The molecule has 0 bridgehead atoms. The largest absolute Gasteiger partial charge is 0.340 e. The van der Waals surface area contributed by atoms with Crippen LogP contribution in [0.4, 0.5) is 0 Å². The maximum atomic E-state index is 13.0. The predicted molar refractivity (Wildman–Crippen MR) is 113 cm³/mol. The van der Waals surface area contributed by atoms with Gasteiger partial charge in [0, 0.05) is 57.3 Å². The predicted octanol–water partition coefficient (Wildman–Crippen LogP) is 3.03. The Labute approximate surface area is 176 Å². The van der Waals surface area contributed by atoms with Gasteiger partial charge in [-0.15, -0.1) is 0 Å². The maximum Gasteiger partial charge on any atom is 0.228 e. The van der Waals surface area contributed by atoms with E-state index < -0.39 is 0 Å². The van der Waals surface area contributed by atoms with Crippen LogP contribution in [0.3, 0.4) is 0 Å². The molecule has 0 N–H and O–H groups in total. The molecule has 2 aliphatic heterocycles. The highest BCUT2D eigenvalue weighted by molar-refractivity contribution is 6.31. The Kier molecular flexibility index (Phi) is 6.16. The third-order valence-electron chi connectivity index (χ3n) is 5.82. The summed E-state index contributed by atoms with van der Waals surface area (Å²) in [5.74, 6) is -0.101. The van der Waals surface area contributed by atoms with Gasteiger partial charge in [0.15, 0.2) is 0 Å². The van der Waals surface area contributed by atoms with Crippen molar-refractivity contribution in [1.82, 2.24) is 14.7 Å². The van der Waals surface area contributed by atoms with Crippen LogP contribution in [0, 0.1) is 5.92 Å². The molecule has 2 fully saturated rings. The van der Waals surface area contributed by atoms with Crippen LogP contribution in [0.1, 0.15) is 17.5 Å². The number of amides is 2. The van der Waals surface area contributed by atoms with Crippen molar-refractivity contribution >= 4 is 23.4 Å². The Morgan fingerprint density at radius 2 is 1.62 bits per heavy atom. The number of hydrogen-bond acceptors (Lipinski definition) is 3. The second-order valence-electron chi connectivity index (χ2n) is 7.85. The van der Waals surface area contributed by atoms with Crippen LogP contribution in [0.5, 0.6) is 0 Å². The van der Waals surface area contributed by atoms with E-state index in [0.29, 0.717) is 24.5 Å². The lowest BCUT2D eigenvalue weighted by molar-refractivity contribution is -0.137. The molecular formula is C23H26ClN3O2. The lowest BCUT2D eigenvalue weighted by Crippen LogP contribution is -2.50. The quantitative estimate of drug-likeness (QED) is 0.759. The monoisotopic (exact) mass is 411 g/mol. The Morgan fingerprint density at radius 3 is 2.34 bits per heavy atom. The molecule has 152 valence electrons. The number of benzene rings is 2. The Balaban J connectivity index is 1.29. The van der Waals surface area contributed by atoms with Gasteiger partial charge in [-0.25, -0.2) is 0 Å². The Morgan fingerprint density at radius 1 is 0.931 bits per heavy atom. The van der Waals surface area contributed by atoms with E-state index in [0.717, 1.165) is 38.3 Å². The van der Waals surface area contributed by atoms with Crippen molar-refractivity contribution in [3.05, 3.63) is 70.7 Å². The maximum absolute atomic E-state index is 13.0. The van der Waals surface area contributed by atoms with Crippen molar-refractivity contribution in [2.24, 2.45) is 5.92 Å². The van der Waals surface area contributed by atoms with Gasteiger partial charge in [-0.1, -0.05) is 60.1 Å². The van der Waals surface area contributed by atoms with Crippen molar-refractivity contribution in [2.45, 2.75) is 19.5 Å². The van der Waals surface area contributed by atoms with Crippen molar-refractivity contribution in [2.75, 3.05) is 32.7 Å². The van der Waals surface area contributed by atoms with Gasteiger partial charge >= 0.3 is 0 Å². The van der Waals surface area contributed by atoms with Gasteiger partial charge in [0.2, 0.25) is 11.8 Å². The number of hydrogen-bond donors (Lipinski definition) is 0. The van der Waals surface area contributed by atoms with Crippen LogP contribution in [0.15, 0.2) is 54.6 Å². The molecule has 2 aromatic rings. The van der Waals surface area contributed by atoms with Gasteiger partial charge in [-0.3, -0.25) is 14.5 Å². The van der Waals surface area contributed by atoms with E-state index in [4.69, 9.17) is 11.6 Å². The Hall–Kier alpha value is -2.37. The zero-order valence-corrected chi connectivity index (χ0v) is 17.2. The summed E-state index contributed by atoms with van der Waals surface area (Å²) in [5.41, 5.74) is 2.22. The van der Waals surface area contributed by atoms with Gasteiger partial charge in [-0.05, 0) is 17.2 Å². The molecule has 0 radical (unpaired) electrons. The molecule has 5 nitrogen and oxygen atoms in total. The summed E-state index contributed by atoms with van der Waals surface area (Å²) >= 11 is 6.22. The number of nitrogens with zero attached hydrogens (tertiary/aromatic N) is 3. The minimum absolute atomic E-state index is 0.0333. The molecule has 2 amide bonds. The first-order valence-electron chi connectivity index (χ1n) is 10.2. The zero-order valence-electron chi connectivity index (χ0n) is 16.5. The van der Waals surface area contributed by atoms with Crippen LogP contribution >= 0.6 is 11.6 Å². The van der Waals surface area contributed by atoms with Gasteiger partial charge in [0.05, 0.1) is 5.92 Å². The summed E-state index contributed by atoms with van der Waals surface area (Å²) in [4.78, 5) is 31.5. The molecule has 0 saturated carbocycles. The normalized spacial score (nSPS) is 20.3. The fourth-order valence-electron chi connectivity index (χ4n) is 4.15. The van der Waals surface area contributed by atoms with Crippen molar-refractivity contribution in [1.29, 1.82) is 0 Å². The van der Waals surface area contributed by atoms with Crippen molar-refractivity contribution < 1.29 is 9.59 Å². The van der Waals surface area contributed by atoms with Crippen molar-refractivity contribution in [3.8, 4) is 0 Å². The zero-order chi connectivity index (χ0) is 20.2. The number of carbonyl (C=O) groups excluding carboxylic acids is 2. The molecule has 1 atom stereocenters. The number of carbonyl (C=O) groups is 2.